The van der Waals surface area contributed by atoms with Crippen LogP contribution in [0.4, 0.5) is 0 Å². The molecule has 0 unspecified atom stereocenters. The van der Waals surface area contributed by atoms with Gasteiger partial charge in [0.2, 0.25) is 0 Å². The van der Waals surface area contributed by atoms with Crippen LogP contribution in [-0.2, 0) is 0 Å². The smallest absolute Gasteiger partial charge is 0.255 e. The fourth-order valence-corrected chi connectivity index (χ4v) is 2.30. The lowest BCUT2D eigenvalue weighted by atomic mass is 10.1. The van der Waals surface area contributed by atoms with Crippen LogP contribution in [0.1, 0.15) is 53.3 Å². The number of pyridine rings is 1. The minimum Gasteiger partial charge on any atom is -0.352 e. The van der Waals surface area contributed by atoms with Gasteiger partial charge in [-0.25, -0.2) is 0 Å². The predicted molar refractivity (Wildman–Crippen MR) is 76.6 cm³/mol. The van der Waals surface area contributed by atoms with Gasteiger partial charge in [0.15, 0.2) is 0 Å². The Kier molecular flexibility index (Phi) is 5.09. The summed E-state index contributed by atoms with van der Waals surface area (Å²) in [5, 5.41) is 2.79. The fraction of sp³-hybridized carbons (Fsp3) is 0.533. The third-order valence-electron chi connectivity index (χ3n) is 3.43. The number of piperidine rings is 1. The van der Waals surface area contributed by atoms with Gasteiger partial charge in [-0.05, 0) is 31.7 Å². The van der Waals surface area contributed by atoms with Crippen LogP contribution in [0.2, 0.25) is 0 Å². The van der Waals surface area contributed by atoms with E-state index in [-0.39, 0.29) is 11.8 Å². The van der Waals surface area contributed by atoms with Gasteiger partial charge in [-0.15, -0.1) is 0 Å². The minimum atomic E-state index is -0.173. The van der Waals surface area contributed by atoms with Crippen molar-refractivity contribution in [1.29, 1.82) is 0 Å². The monoisotopic (exact) mass is 275 g/mol. The van der Waals surface area contributed by atoms with Gasteiger partial charge >= 0.3 is 0 Å². The van der Waals surface area contributed by atoms with Gasteiger partial charge in [0, 0.05) is 32.0 Å². The van der Waals surface area contributed by atoms with Crippen molar-refractivity contribution in [3.63, 3.8) is 0 Å². The topological polar surface area (TPSA) is 62.3 Å². The minimum absolute atomic E-state index is 0.0256. The normalized spacial score (nSPS) is 14.9. The molecule has 1 aromatic rings. The van der Waals surface area contributed by atoms with Crippen molar-refractivity contribution in [3.8, 4) is 0 Å². The Morgan fingerprint density at radius 2 is 1.90 bits per heavy atom. The first-order valence-corrected chi connectivity index (χ1v) is 7.25. The molecular formula is C15H21N3O2. The molecule has 0 aliphatic carbocycles. The lowest BCUT2D eigenvalue weighted by Gasteiger charge is -2.26. The zero-order chi connectivity index (χ0) is 14.4. The zero-order valence-electron chi connectivity index (χ0n) is 11.9. The second-order valence-corrected chi connectivity index (χ2v) is 5.07. The Balaban J connectivity index is 2.08. The molecule has 1 aromatic heterocycles. The lowest BCUT2D eigenvalue weighted by Crippen LogP contribution is -2.35. The maximum absolute atomic E-state index is 12.3. The van der Waals surface area contributed by atoms with E-state index in [0.29, 0.717) is 17.7 Å². The molecule has 5 nitrogen and oxygen atoms in total. The van der Waals surface area contributed by atoms with Gasteiger partial charge in [0.25, 0.3) is 11.8 Å². The van der Waals surface area contributed by atoms with Gasteiger partial charge in [-0.3, -0.25) is 14.6 Å². The zero-order valence-corrected chi connectivity index (χ0v) is 11.9. The van der Waals surface area contributed by atoms with E-state index in [2.05, 4.69) is 10.3 Å². The number of aromatic nitrogens is 1. The van der Waals surface area contributed by atoms with Crippen molar-refractivity contribution in [3.05, 3.63) is 29.6 Å². The van der Waals surface area contributed by atoms with Crippen LogP contribution in [-0.4, -0.2) is 41.3 Å². The molecule has 20 heavy (non-hydrogen) atoms. The SMILES string of the molecule is CCCNC(=O)c1cncc(C(=O)N2CCCCC2)c1. The molecule has 0 radical (unpaired) electrons. The first-order valence-electron chi connectivity index (χ1n) is 7.25. The summed E-state index contributed by atoms with van der Waals surface area (Å²) >= 11 is 0. The molecule has 1 N–H and O–H groups in total. The summed E-state index contributed by atoms with van der Waals surface area (Å²) in [5.41, 5.74) is 0.942. The van der Waals surface area contributed by atoms with Crippen LogP contribution < -0.4 is 5.32 Å². The molecule has 108 valence electrons. The fourth-order valence-electron chi connectivity index (χ4n) is 2.30. The average Bonchev–Trinajstić information content (AvgIpc) is 2.52. The third-order valence-corrected chi connectivity index (χ3v) is 3.43. The Bertz CT molecular complexity index is 482. The first-order chi connectivity index (χ1) is 9.72. The molecule has 0 aromatic carbocycles. The van der Waals surface area contributed by atoms with E-state index in [0.717, 1.165) is 32.4 Å². The summed E-state index contributed by atoms with van der Waals surface area (Å²) in [6.45, 7) is 4.22. The summed E-state index contributed by atoms with van der Waals surface area (Å²) in [5.74, 6) is -0.199. The molecular weight excluding hydrogens is 254 g/mol. The average molecular weight is 275 g/mol. The molecule has 2 amide bonds. The van der Waals surface area contributed by atoms with Crippen LogP contribution in [0.5, 0.6) is 0 Å². The molecule has 0 saturated carbocycles. The first kappa shape index (κ1) is 14.5. The molecule has 1 saturated heterocycles. The Labute approximate surface area is 119 Å². The molecule has 1 fully saturated rings. The number of hydrogen-bond acceptors (Lipinski definition) is 3. The molecule has 2 rings (SSSR count). The summed E-state index contributed by atoms with van der Waals surface area (Å²) in [4.78, 5) is 30.1. The van der Waals surface area contributed by atoms with E-state index < -0.39 is 0 Å². The van der Waals surface area contributed by atoms with Crippen LogP contribution in [0.3, 0.4) is 0 Å². The number of nitrogens with one attached hydrogen (secondary N) is 1. The van der Waals surface area contributed by atoms with E-state index in [4.69, 9.17) is 0 Å². The van der Waals surface area contributed by atoms with Crippen molar-refractivity contribution in [1.82, 2.24) is 15.2 Å². The second kappa shape index (κ2) is 7.03. The standard InChI is InChI=1S/C15H21N3O2/c1-2-6-17-14(19)12-9-13(11-16-10-12)15(20)18-7-4-3-5-8-18/h9-11H,2-8H2,1H3,(H,17,19). The Hall–Kier alpha value is -1.91. The Morgan fingerprint density at radius 1 is 1.20 bits per heavy atom. The van der Waals surface area contributed by atoms with Gasteiger partial charge < -0.3 is 10.2 Å². The van der Waals surface area contributed by atoms with Crippen LogP contribution in [0, 0.1) is 0 Å². The molecule has 0 spiro atoms. The van der Waals surface area contributed by atoms with Crippen LogP contribution in [0.25, 0.3) is 0 Å². The summed E-state index contributed by atoms with van der Waals surface area (Å²) in [7, 11) is 0. The number of carbonyl (C=O) groups is 2. The maximum Gasteiger partial charge on any atom is 0.255 e. The quantitative estimate of drug-likeness (QED) is 0.912. The van der Waals surface area contributed by atoms with E-state index >= 15 is 0 Å². The lowest BCUT2D eigenvalue weighted by molar-refractivity contribution is 0.0724. The summed E-state index contributed by atoms with van der Waals surface area (Å²) < 4.78 is 0. The van der Waals surface area contributed by atoms with E-state index in [1.165, 1.54) is 18.8 Å². The third kappa shape index (κ3) is 3.56. The maximum atomic E-state index is 12.3. The number of rotatable bonds is 4. The van der Waals surface area contributed by atoms with Crippen molar-refractivity contribution in [2.45, 2.75) is 32.6 Å². The highest BCUT2D eigenvalue weighted by Gasteiger charge is 2.19. The Morgan fingerprint density at radius 3 is 2.60 bits per heavy atom. The van der Waals surface area contributed by atoms with Gasteiger partial charge in [0.05, 0.1) is 11.1 Å². The number of carbonyl (C=O) groups excluding carboxylic acids is 2. The molecule has 1 aliphatic heterocycles. The predicted octanol–water partition coefficient (Wildman–Crippen LogP) is 1.85. The van der Waals surface area contributed by atoms with Crippen molar-refractivity contribution in [2.75, 3.05) is 19.6 Å². The van der Waals surface area contributed by atoms with Crippen LogP contribution >= 0.6 is 0 Å². The highest BCUT2D eigenvalue weighted by molar-refractivity contribution is 5.99. The van der Waals surface area contributed by atoms with E-state index in [1.54, 1.807) is 6.07 Å². The molecule has 2 heterocycles. The molecule has 1 aliphatic rings. The highest BCUT2D eigenvalue weighted by Crippen LogP contribution is 2.13. The van der Waals surface area contributed by atoms with Crippen molar-refractivity contribution in [2.24, 2.45) is 0 Å². The second-order valence-electron chi connectivity index (χ2n) is 5.07. The molecule has 0 bridgehead atoms. The summed E-state index contributed by atoms with van der Waals surface area (Å²) in [6.07, 6.45) is 7.20. The van der Waals surface area contributed by atoms with E-state index in [1.807, 2.05) is 11.8 Å². The number of nitrogens with zero attached hydrogens (tertiary/aromatic N) is 2. The van der Waals surface area contributed by atoms with Crippen molar-refractivity contribution >= 4 is 11.8 Å². The van der Waals surface area contributed by atoms with Gasteiger partial charge in [0.1, 0.15) is 0 Å². The summed E-state index contributed by atoms with van der Waals surface area (Å²) in [6, 6.07) is 1.63. The molecule has 5 heteroatoms. The number of likely N-dealkylation sites (tertiary alicyclic amines) is 1. The highest BCUT2D eigenvalue weighted by atomic mass is 16.2. The largest absolute Gasteiger partial charge is 0.352 e. The van der Waals surface area contributed by atoms with E-state index in [9.17, 15) is 9.59 Å². The van der Waals surface area contributed by atoms with Gasteiger partial charge in [-0.2, -0.15) is 0 Å². The molecule has 0 atom stereocenters. The number of hydrogen-bond donors (Lipinski definition) is 1. The van der Waals surface area contributed by atoms with Gasteiger partial charge in [-0.1, -0.05) is 6.92 Å². The van der Waals surface area contributed by atoms with Crippen molar-refractivity contribution < 1.29 is 9.59 Å². The number of amides is 2. The van der Waals surface area contributed by atoms with Crippen LogP contribution in [0.15, 0.2) is 18.5 Å².